The lowest BCUT2D eigenvalue weighted by atomic mass is 10.1. The van der Waals surface area contributed by atoms with Gasteiger partial charge in [-0.25, -0.2) is 15.0 Å². The van der Waals surface area contributed by atoms with E-state index in [0.717, 1.165) is 33.3 Å². The van der Waals surface area contributed by atoms with Crippen LogP contribution in [0.15, 0.2) is 43.0 Å². The van der Waals surface area contributed by atoms with Gasteiger partial charge in [-0.2, -0.15) is 5.10 Å². The molecule has 3 heterocycles. The Kier molecular flexibility index (Phi) is 4.52. The zero-order valence-corrected chi connectivity index (χ0v) is 16.2. The molecule has 0 amide bonds. The van der Waals surface area contributed by atoms with Gasteiger partial charge in [0.25, 0.3) is 0 Å². The molecule has 2 N–H and O–H groups in total. The number of aryl methyl sites for hydroxylation is 2. The van der Waals surface area contributed by atoms with E-state index in [1.807, 2.05) is 57.8 Å². The van der Waals surface area contributed by atoms with Crippen LogP contribution in [0, 0.1) is 6.92 Å². The molecule has 1 aromatic carbocycles. The third-order valence-corrected chi connectivity index (χ3v) is 4.55. The SMILES string of the molecule is CNc1ncc(C)c2cnc(Nc3ccc(-c4cnn(C)c4)cc3OC)nc12. The third-order valence-electron chi connectivity index (χ3n) is 4.55. The largest absolute Gasteiger partial charge is 0.495 e. The molecular weight excluding hydrogens is 354 g/mol. The first-order valence-corrected chi connectivity index (χ1v) is 8.83. The minimum Gasteiger partial charge on any atom is -0.495 e. The molecule has 8 heteroatoms. The third kappa shape index (κ3) is 3.20. The first-order chi connectivity index (χ1) is 13.6. The molecule has 8 nitrogen and oxygen atoms in total. The number of ether oxygens (including phenoxy) is 1. The number of aromatic nitrogens is 5. The van der Waals surface area contributed by atoms with Gasteiger partial charge in [0.15, 0.2) is 5.82 Å². The Hall–Kier alpha value is -3.68. The molecule has 4 aromatic rings. The highest BCUT2D eigenvalue weighted by Gasteiger charge is 2.11. The van der Waals surface area contributed by atoms with Gasteiger partial charge in [-0.05, 0) is 30.2 Å². The maximum absolute atomic E-state index is 5.57. The van der Waals surface area contributed by atoms with Gasteiger partial charge < -0.3 is 15.4 Å². The minimum absolute atomic E-state index is 0.476. The van der Waals surface area contributed by atoms with Crippen LogP contribution in [0.1, 0.15) is 5.56 Å². The van der Waals surface area contributed by atoms with E-state index in [2.05, 4.69) is 30.7 Å². The fraction of sp³-hybridized carbons (Fsp3) is 0.200. The van der Waals surface area contributed by atoms with Crippen LogP contribution in [-0.4, -0.2) is 38.9 Å². The number of fused-ring (bicyclic) bond motifs is 1. The lowest BCUT2D eigenvalue weighted by molar-refractivity contribution is 0.417. The number of pyridine rings is 1. The van der Waals surface area contributed by atoms with Crippen molar-refractivity contribution in [3.63, 3.8) is 0 Å². The Morgan fingerprint density at radius 3 is 2.64 bits per heavy atom. The summed E-state index contributed by atoms with van der Waals surface area (Å²) in [6, 6.07) is 5.92. The van der Waals surface area contributed by atoms with E-state index in [0.29, 0.717) is 17.5 Å². The molecule has 4 rings (SSSR count). The summed E-state index contributed by atoms with van der Waals surface area (Å²) >= 11 is 0. The first kappa shape index (κ1) is 17.7. The molecule has 0 aliphatic rings. The van der Waals surface area contributed by atoms with Crippen LogP contribution in [0.25, 0.3) is 22.0 Å². The Morgan fingerprint density at radius 2 is 1.93 bits per heavy atom. The Morgan fingerprint density at radius 1 is 1.07 bits per heavy atom. The van der Waals surface area contributed by atoms with E-state index in [1.54, 1.807) is 18.0 Å². The summed E-state index contributed by atoms with van der Waals surface area (Å²) in [5.74, 6) is 1.88. The molecule has 0 bridgehead atoms. The van der Waals surface area contributed by atoms with E-state index in [9.17, 15) is 0 Å². The lowest BCUT2D eigenvalue weighted by Gasteiger charge is -2.13. The Balaban J connectivity index is 1.70. The smallest absolute Gasteiger partial charge is 0.227 e. The Bertz CT molecular complexity index is 1150. The zero-order chi connectivity index (χ0) is 19.7. The molecule has 0 fully saturated rings. The normalized spacial score (nSPS) is 10.9. The second kappa shape index (κ2) is 7.15. The average Bonchev–Trinajstić information content (AvgIpc) is 3.15. The number of anilines is 3. The molecular formula is C20H21N7O. The van der Waals surface area contributed by atoms with Gasteiger partial charge in [0.1, 0.15) is 11.3 Å². The maximum atomic E-state index is 5.57. The molecule has 28 heavy (non-hydrogen) atoms. The van der Waals surface area contributed by atoms with Gasteiger partial charge in [0, 0.05) is 43.6 Å². The number of hydrogen-bond donors (Lipinski definition) is 2. The van der Waals surface area contributed by atoms with Crippen LogP contribution in [0.5, 0.6) is 5.75 Å². The fourth-order valence-electron chi connectivity index (χ4n) is 3.05. The highest BCUT2D eigenvalue weighted by Crippen LogP contribution is 2.32. The molecule has 0 saturated carbocycles. The van der Waals surface area contributed by atoms with Gasteiger partial charge in [-0.1, -0.05) is 6.07 Å². The summed E-state index contributed by atoms with van der Waals surface area (Å²) in [5.41, 5.74) is 4.62. The molecule has 0 spiro atoms. The number of benzene rings is 1. The summed E-state index contributed by atoms with van der Waals surface area (Å²) in [7, 11) is 5.36. The van der Waals surface area contributed by atoms with Crippen molar-refractivity contribution in [1.29, 1.82) is 0 Å². The molecule has 0 saturated heterocycles. The van der Waals surface area contributed by atoms with Gasteiger partial charge in [-0.3, -0.25) is 4.68 Å². The number of methoxy groups -OCH3 is 1. The van der Waals surface area contributed by atoms with E-state index >= 15 is 0 Å². The Labute approximate surface area is 162 Å². The van der Waals surface area contributed by atoms with Crippen LogP contribution in [0.3, 0.4) is 0 Å². The van der Waals surface area contributed by atoms with E-state index in [1.165, 1.54) is 0 Å². The van der Waals surface area contributed by atoms with Crippen LogP contribution in [0.2, 0.25) is 0 Å². The van der Waals surface area contributed by atoms with Crippen LogP contribution in [-0.2, 0) is 7.05 Å². The molecule has 0 atom stereocenters. The van der Waals surface area contributed by atoms with Crippen molar-refractivity contribution in [1.82, 2.24) is 24.7 Å². The van der Waals surface area contributed by atoms with Gasteiger partial charge in [0.05, 0.1) is 19.0 Å². The number of nitrogens with zero attached hydrogens (tertiary/aromatic N) is 5. The second-order valence-electron chi connectivity index (χ2n) is 6.44. The molecule has 0 radical (unpaired) electrons. The van der Waals surface area contributed by atoms with Crippen LogP contribution < -0.4 is 15.4 Å². The molecule has 0 aliphatic heterocycles. The first-order valence-electron chi connectivity index (χ1n) is 8.83. The van der Waals surface area contributed by atoms with E-state index < -0.39 is 0 Å². The zero-order valence-electron chi connectivity index (χ0n) is 16.2. The predicted octanol–water partition coefficient (Wildman–Crippen LogP) is 3.53. The quantitative estimate of drug-likeness (QED) is 0.551. The molecule has 0 unspecified atom stereocenters. The van der Waals surface area contributed by atoms with Gasteiger partial charge in [0.2, 0.25) is 5.95 Å². The van der Waals surface area contributed by atoms with Crippen molar-refractivity contribution < 1.29 is 4.74 Å². The predicted molar refractivity (Wildman–Crippen MR) is 110 cm³/mol. The summed E-state index contributed by atoms with van der Waals surface area (Å²) < 4.78 is 7.34. The van der Waals surface area contributed by atoms with Crippen molar-refractivity contribution in [3.8, 4) is 16.9 Å². The number of nitrogens with one attached hydrogen (secondary N) is 2. The average molecular weight is 375 g/mol. The van der Waals surface area contributed by atoms with Crippen molar-refractivity contribution in [2.24, 2.45) is 7.05 Å². The second-order valence-corrected chi connectivity index (χ2v) is 6.44. The molecule has 0 aliphatic carbocycles. The minimum atomic E-state index is 0.476. The standard InChI is InChI=1S/C20H21N7O/c1-12-8-22-19(21-2)18-15(12)10-23-20(26-18)25-16-6-5-13(7-17(16)28-4)14-9-24-27(3)11-14/h5-11H,1-4H3,(H,21,22)(H,23,25,26). The summed E-state index contributed by atoms with van der Waals surface area (Å²) in [6.45, 7) is 1.99. The molecule has 3 aromatic heterocycles. The fourth-order valence-corrected chi connectivity index (χ4v) is 3.05. The summed E-state index contributed by atoms with van der Waals surface area (Å²) in [4.78, 5) is 13.5. The molecule has 142 valence electrons. The highest BCUT2D eigenvalue weighted by atomic mass is 16.5. The maximum Gasteiger partial charge on any atom is 0.227 e. The van der Waals surface area contributed by atoms with Gasteiger partial charge in [-0.15, -0.1) is 0 Å². The number of hydrogen-bond acceptors (Lipinski definition) is 7. The van der Waals surface area contributed by atoms with Gasteiger partial charge >= 0.3 is 0 Å². The highest BCUT2D eigenvalue weighted by molar-refractivity contribution is 5.90. The summed E-state index contributed by atoms with van der Waals surface area (Å²) in [6.07, 6.45) is 7.40. The van der Waals surface area contributed by atoms with Crippen LogP contribution >= 0.6 is 0 Å². The van der Waals surface area contributed by atoms with E-state index in [-0.39, 0.29) is 0 Å². The number of rotatable bonds is 5. The summed E-state index contributed by atoms with van der Waals surface area (Å²) in [5, 5.41) is 11.5. The topological polar surface area (TPSA) is 89.8 Å². The monoisotopic (exact) mass is 375 g/mol. The van der Waals surface area contributed by atoms with Crippen LogP contribution in [0.4, 0.5) is 17.5 Å². The lowest BCUT2D eigenvalue weighted by Crippen LogP contribution is -2.02. The van der Waals surface area contributed by atoms with Crippen molar-refractivity contribution in [2.75, 3.05) is 24.8 Å². The van der Waals surface area contributed by atoms with E-state index in [4.69, 9.17) is 4.74 Å². The van der Waals surface area contributed by atoms with Crippen molar-refractivity contribution in [3.05, 3.63) is 48.5 Å². The van der Waals surface area contributed by atoms with Crippen molar-refractivity contribution >= 4 is 28.4 Å². The van der Waals surface area contributed by atoms with Crippen molar-refractivity contribution in [2.45, 2.75) is 6.92 Å².